The minimum atomic E-state index is -1.05. The number of aryl methyl sites for hydroxylation is 1. The maximum absolute atomic E-state index is 13.7. The molecule has 0 fully saturated rings. The molecule has 2 aromatic carbocycles. The van der Waals surface area contributed by atoms with Crippen molar-refractivity contribution in [1.29, 1.82) is 0 Å². The molecule has 0 spiro atoms. The number of hydrogen-bond acceptors (Lipinski definition) is 2. The zero-order valence-corrected chi connectivity index (χ0v) is 14.4. The molecule has 0 saturated carbocycles. The molecule has 0 aliphatic rings. The van der Waals surface area contributed by atoms with Gasteiger partial charge < -0.3 is 15.4 Å². The van der Waals surface area contributed by atoms with Crippen molar-refractivity contribution in [3.8, 4) is 11.3 Å². The van der Waals surface area contributed by atoms with Crippen LogP contribution in [0.5, 0.6) is 0 Å². The topological polar surface area (TPSA) is 65.1 Å². The lowest BCUT2D eigenvalue weighted by Gasteiger charge is -2.08. The molecule has 0 radical (unpaired) electrons. The van der Waals surface area contributed by atoms with E-state index in [0.29, 0.717) is 19.4 Å². The van der Waals surface area contributed by atoms with Crippen molar-refractivity contribution in [3.63, 3.8) is 0 Å². The molecule has 0 bridgehead atoms. The molecule has 1 amide bonds. The van der Waals surface area contributed by atoms with Crippen LogP contribution in [0.3, 0.4) is 0 Å². The van der Waals surface area contributed by atoms with Crippen LogP contribution < -0.4 is 5.32 Å². The first-order valence-corrected chi connectivity index (χ1v) is 8.47. The number of rotatable bonds is 6. The summed E-state index contributed by atoms with van der Waals surface area (Å²) >= 11 is 0. The maximum Gasteiger partial charge on any atom is 0.248 e. The summed E-state index contributed by atoms with van der Waals surface area (Å²) in [6.45, 7) is 1.80. The first-order valence-electron chi connectivity index (χ1n) is 8.47. The Hall–Kier alpha value is -2.73. The van der Waals surface area contributed by atoms with Gasteiger partial charge in [0.05, 0.1) is 0 Å². The van der Waals surface area contributed by atoms with Crippen molar-refractivity contribution in [2.45, 2.75) is 25.9 Å². The van der Waals surface area contributed by atoms with E-state index < -0.39 is 12.0 Å². The van der Waals surface area contributed by atoms with Crippen molar-refractivity contribution in [3.05, 3.63) is 59.7 Å². The fraction of sp³-hybridized carbons (Fsp3) is 0.250. The van der Waals surface area contributed by atoms with Crippen molar-refractivity contribution >= 4 is 16.8 Å². The molecule has 3 aromatic rings. The molecule has 136 valence electrons. The number of benzene rings is 2. The highest BCUT2D eigenvalue weighted by atomic mass is 19.1. The van der Waals surface area contributed by atoms with E-state index in [1.54, 1.807) is 18.2 Å². The highest BCUT2D eigenvalue weighted by Crippen LogP contribution is 2.32. The Morgan fingerprint density at radius 1 is 1.15 bits per heavy atom. The van der Waals surface area contributed by atoms with Gasteiger partial charge >= 0.3 is 0 Å². The predicted octanol–water partition coefficient (Wildman–Crippen LogP) is 3.54. The molecule has 26 heavy (non-hydrogen) atoms. The van der Waals surface area contributed by atoms with Gasteiger partial charge in [0, 0.05) is 23.1 Å². The number of aliphatic hydroxyl groups excluding tert-OH is 1. The van der Waals surface area contributed by atoms with Crippen LogP contribution in [0.4, 0.5) is 8.78 Å². The number of hydrogen-bond donors (Lipinski definition) is 3. The van der Waals surface area contributed by atoms with E-state index in [1.807, 2.05) is 0 Å². The monoisotopic (exact) mass is 358 g/mol. The summed E-state index contributed by atoms with van der Waals surface area (Å²) in [6, 6.07) is 10.7. The lowest BCUT2D eigenvalue weighted by Crippen LogP contribution is -2.33. The molecule has 4 nitrogen and oxygen atoms in total. The van der Waals surface area contributed by atoms with E-state index in [9.17, 15) is 18.7 Å². The Labute approximate surface area is 149 Å². The minimum absolute atomic E-state index is 0.321. The highest BCUT2D eigenvalue weighted by molar-refractivity contribution is 5.90. The van der Waals surface area contributed by atoms with Crippen LogP contribution in [0.2, 0.25) is 0 Å². The first-order chi connectivity index (χ1) is 12.5. The smallest absolute Gasteiger partial charge is 0.248 e. The van der Waals surface area contributed by atoms with E-state index >= 15 is 0 Å². The normalized spacial score (nSPS) is 12.3. The van der Waals surface area contributed by atoms with Crippen molar-refractivity contribution in [1.82, 2.24) is 10.3 Å². The van der Waals surface area contributed by atoms with Gasteiger partial charge in [0.25, 0.3) is 0 Å². The molecule has 0 saturated heterocycles. The van der Waals surface area contributed by atoms with E-state index in [4.69, 9.17) is 0 Å². The van der Waals surface area contributed by atoms with Crippen LogP contribution in [0.25, 0.3) is 22.2 Å². The number of aromatic amines is 1. The van der Waals surface area contributed by atoms with Gasteiger partial charge in [0.2, 0.25) is 5.91 Å². The summed E-state index contributed by atoms with van der Waals surface area (Å²) in [7, 11) is 0. The number of fused-ring (bicyclic) bond motifs is 1. The van der Waals surface area contributed by atoms with Crippen LogP contribution in [-0.2, 0) is 11.2 Å². The lowest BCUT2D eigenvalue weighted by atomic mass is 10.0. The Bertz CT molecular complexity index is 917. The number of halogens is 2. The third-order valence-electron chi connectivity index (χ3n) is 4.28. The summed E-state index contributed by atoms with van der Waals surface area (Å²) < 4.78 is 26.9. The fourth-order valence-electron chi connectivity index (χ4n) is 2.97. The Kier molecular flexibility index (Phi) is 5.32. The van der Waals surface area contributed by atoms with E-state index in [-0.39, 0.29) is 11.6 Å². The second-order valence-corrected chi connectivity index (χ2v) is 6.25. The summed E-state index contributed by atoms with van der Waals surface area (Å²) in [5.74, 6) is -1.07. The molecule has 1 unspecified atom stereocenters. The van der Waals surface area contributed by atoms with Crippen LogP contribution in [0.1, 0.15) is 18.9 Å². The highest BCUT2D eigenvalue weighted by Gasteiger charge is 2.14. The minimum Gasteiger partial charge on any atom is -0.384 e. The number of carbonyl (C=O) groups excluding carboxylic acids is 1. The average Bonchev–Trinajstić information content (AvgIpc) is 2.97. The third-order valence-corrected chi connectivity index (χ3v) is 4.28. The Morgan fingerprint density at radius 3 is 2.54 bits per heavy atom. The van der Waals surface area contributed by atoms with E-state index in [1.165, 1.54) is 31.2 Å². The van der Waals surface area contributed by atoms with E-state index in [0.717, 1.165) is 27.7 Å². The first kappa shape index (κ1) is 18.1. The zero-order valence-electron chi connectivity index (χ0n) is 14.4. The van der Waals surface area contributed by atoms with Crippen LogP contribution in [-0.4, -0.2) is 28.6 Å². The number of H-pyrrole nitrogens is 1. The average molecular weight is 358 g/mol. The Balaban J connectivity index is 1.88. The molecule has 1 heterocycles. The molecular formula is C20H20F2N2O2. The predicted molar refractivity (Wildman–Crippen MR) is 96.7 cm³/mol. The van der Waals surface area contributed by atoms with Crippen molar-refractivity contribution in [2.24, 2.45) is 0 Å². The zero-order chi connectivity index (χ0) is 18.7. The number of aliphatic hydroxyl groups is 1. The number of nitrogens with one attached hydrogen (secondary N) is 2. The molecule has 1 atom stereocenters. The van der Waals surface area contributed by atoms with Gasteiger partial charge in [-0.05, 0) is 73.4 Å². The molecule has 1 aromatic heterocycles. The second-order valence-electron chi connectivity index (χ2n) is 6.25. The van der Waals surface area contributed by atoms with Gasteiger partial charge in [0.1, 0.15) is 17.7 Å². The van der Waals surface area contributed by atoms with Crippen LogP contribution >= 0.6 is 0 Å². The quantitative estimate of drug-likeness (QED) is 0.590. The molecule has 0 aliphatic carbocycles. The molecule has 3 N–H and O–H groups in total. The molecular weight excluding hydrogens is 338 g/mol. The second kappa shape index (κ2) is 7.66. The van der Waals surface area contributed by atoms with Gasteiger partial charge in [-0.1, -0.05) is 0 Å². The van der Waals surface area contributed by atoms with Gasteiger partial charge in [-0.25, -0.2) is 8.78 Å². The summed E-state index contributed by atoms with van der Waals surface area (Å²) in [4.78, 5) is 14.7. The van der Waals surface area contributed by atoms with Gasteiger partial charge in [-0.2, -0.15) is 0 Å². The molecule has 0 aliphatic heterocycles. The van der Waals surface area contributed by atoms with Crippen LogP contribution in [0.15, 0.2) is 42.5 Å². The Morgan fingerprint density at radius 2 is 1.85 bits per heavy atom. The van der Waals surface area contributed by atoms with Gasteiger partial charge in [0.15, 0.2) is 0 Å². The number of carbonyl (C=O) groups is 1. The van der Waals surface area contributed by atoms with E-state index in [2.05, 4.69) is 10.3 Å². The van der Waals surface area contributed by atoms with Crippen LogP contribution in [0, 0.1) is 11.6 Å². The summed E-state index contributed by atoms with van der Waals surface area (Å²) in [5.41, 5.74) is 3.34. The fourth-order valence-corrected chi connectivity index (χ4v) is 2.97. The summed E-state index contributed by atoms with van der Waals surface area (Å²) in [5, 5.41) is 12.6. The third kappa shape index (κ3) is 3.91. The number of amides is 1. The number of aromatic nitrogens is 1. The largest absolute Gasteiger partial charge is 0.384 e. The maximum atomic E-state index is 13.7. The van der Waals surface area contributed by atoms with Crippen molar-refractivity contribution < 1.29 is 18.7 Å². The lowest BCUT2D eigenvalue weighted by molar-refractivity contribution is -0.128. The summed E-state index contributed by atoms with van der Waals surface area (Å²) in [6.07, 6.45) is 0.166. The SMILES string of the molecule is CC(O)C(=O)NCCCc1c(-c2ccc(F)cc2)[nH]c2ccc(F)cc12. The standard InChI is InChI=1S/C20H20F2N2O2/c1-12(25)20(26)23-10-2-3-16-17-11-15(22)8-9-18(17)24-19(16)13-4-6-14(21)7-5-13/h4-9,11-12,24-25H,2-3,10H2,1H3,(H,23,26). The molecule has 3 rings (SSSR count). The van der Waals surface area contributed by atoms with Crippen molar-refractivity contribution in [2.75, 3.05) is 6.54 Å². The molecule has 6 heteroatoms. The van der Waals surface area contributed by atoms with Gasteiger partial charge in [-0.15, -0.1) is 0 Å². The van der Waals surface area contributed by atoms with Gasteiger partial charge in [-0.3, -0.25) is 4.79 Å².